The van der Waals surface area contributed by atoms with E-state index >= 15 is 0 Å². The second kappa shape index (κ2) is 9.99. The quantitative estimate of drug-likeness (QED) is 0.496. The van der Waals surface area contributed by atoms with Gasteiger partial charge in [-0.2, -0.15) is 0 Å². The summed E-state index contributed by atoms with van der Waals surface area (Å²) in [6.45, 7) is 5.48. The number of aryl methyl sites for hydroxylation is 2. The normalized spacial score (nSPS) is 15.3. The van der Waals surface area contributed by atoms with E-state index in [0.717, 1.165) is 35.6 Å². The standard InChI is InChI=1S/C28H30N2O3/c1-19-5-3-4-6-25(19)26(18-27(31)23-11-14-29-20(2)17-23)21-7-9-24(10-8-21)30-15-12-22(13-16-30)28(32)33/h3-11,14,17,22,26H,12-13,15-16,18H2,1-2H3,(H,32,33). The summed E-state index contributed by atoms with van der Waals surface area (Å²) >= 11 is 0. The SMILES string of the molecule is Cc1cc(C(=O)CC(c2ccc(N3CCC(C(=O)O)CC3)cc2)c2ccccc2C)ccn1. The number of carbonyl (C=O) groups excluding carboxylic acids is 1. The number of nitrogens with zero attached hydrogens (tertiary/aromatic N) is 2. The van der Waals surface area contributed by atoms with Crippen molar-refractivity contribution in [2.45, 2.75) is 39.0 Å². The molecule has 1 N–H and O–H groups in total. The van der Waals surface area contributed by atoms with Crippen molar-refractivity contribution in [3.8, 4) is 0 Å². The number of aliphatic carboxylic acids is 1. The van der Waals surface area contributed by atoms with Crippen LogP contribution in [0.15, 0.2) is 66.9 Å². The molecule has 1 aliphatic heterocycles. The highest BCUT2D eigenvalue weighted by Gasteiger charge is 2.25. The average Bonchev–Trinajstić information content (AvgIpc) is 2.83. The van der Waals surface area contributed by atoms with Gasteiger partial charge in [0, 0.05) is 48.6 Å². The summed E-state index contributed by atoms with van der Waals surface area (Å²) in [7, 11) is 0. The molecule has 4 rings (SSSR count). The molecule has 5 nitrogen and oxygen atoms in total. The molecule has 0 amide bonds. The van der Waals surface area contributed by atoms with Crippen LogP contribution in [-0.2, 0) is 4.79 Å². The van der Waals surface area contributed by atoms with Gasteiger partial charge in [0.15, 0.2) is 5.78 Å². The molecule has 1 fully saturated rings. The highest BCUT2D eigenvalue weighted by Crippen LogP contribution is 2.33. The third kappa shape index (κ3) is 5.30. The highest BCUT2D eigenvalue weighted by molar-refractivity contribution is 5.96. The molecule has 2 heterocycles. The minimum atomic E-state index is -0.694. The smallest absolute Gasteiger partial charge is 0.306 e. The zero-order valence-electron chi connectivity index (χ0n) is 19.2. The molecule has 0 spiro atoms. The Balaban J connectivity index is 1.58. The number of aromatic nitrogens is 1. The minimum Gasteiger partial charge on any atom is -0.481 e. The molecule has 0 bridgehead atoms. The summed E-state index contributed by atoms with van der Waals surface area (Å²) in [5.74, 6) is -0.874. The van der Waals surface area contributed by atoms with Gasteiger partial charge in [-0.3, -0.25) is 14.6 Å². The van der Waals surface area contributed by atoms with Crippen molar-refractivity contribution in [3.63, 3.8) is 0 Å². The van der Waals surface area contributed by atoms with Crippen molar-refractivity contribution in [3.05, 3.63) is 94.8 Å². The van der Waals surface area contributed by atoms with Crippen molar-refractivity contribution in [2.75, 3.05) is 18.0 Å². The lowest BCUT2D eigenvalue weighted by Crippen LogP contribution is -2.36. The summed E-state index contributed by atoms with van der Waals surface area (Å²) in [6, 6.07) is 20.3. The van der Waals surface area contributed by atoms with Crippen LogP contribution < -0.4 is 4.90 Å². The summed E-state index contributed by atoms with van der Waals surface area (Å²) in [5.41, 5.74) is 6.06. The van der Waals surface area contributed by atoms with Gasteiger partial charge in [-0.25, -0.2) is 0 Å². The van der Waals surface area contributed by atoms with Crippen LogP contribution in [0, 0.1) is 19.8 Å². The third-order valence-corrected chi connectivity index (χ3v) is 6.68. The molecule has 33 heavy (non-hydrogen) atoms. The fourth-order valence-electron chi connectivity index (χ4n) is 4.71. The van der Waals surface area contributed by atoms with Gasteiger partial charge in [0.05, 0.1) is 5.92 Å². The Kier molecular flexibility index (Phi) is 6.87. The topological polar surface area (TPSA) is 70.5 Å². The number of carboxylic acids is 1. The maximum atomic E-state index is 13.2. The van der Waals surface area contributed by atoms with E-state index in [9.17, 15) is 14.7 Å². The van der Waals surface area contributed by atoms with Gasteiger partial charge < -0.3 is 10.0 Å². The molecule has 0 aliphatic carbocycles. The van der Waals surface area contributed by atoms with E-state index in [-0.39, 0.29) is 17.6 Å². The molecule has 0 saturated carbocycles. The number of hydrogen-bond donors (Lipinski definition) is 1. The molecule has 1 aromatic heterocycles. The van der Waals surface area contributed by atoms with Gasteiger partial charge >= 0.3 is 5.97 Å². The maximum absolute atomic E-state index is 13.2. The van der Waals surface area contributed by atoms with Gasteiger partial charge in [0.1, 0.15) is 0 Å². The number of hydrogen-bond acceptors (Lipinski definition) is 4. The van der Waals surface area contributed by atoms with Crippen LogP contribution in [0.4, 0.5) is 5.69 Å². The zero-order chi connectivity index (χ0) is 23.4. The predicted molar refractivity (Wildman–Crippen MR) is 130 cm³/mol. The van der Waals surface area contributed by atoms with Crippen molar-refractivity contribution < 1.29 is 14.7 Å². The molecule has 3 aromatic rings. The van der Waals surface area contributed by atoms with Crippen LogP contribution in [0.5, 0.6) is 0 Å². The molecular formula is C28H30N2O3. The molecule has 0 radical (unpaired) electrons. The number of carbonyl (C=O) groups is 2. The molecule has 1 saturated heterocycles. The van der Waals surface area contributed by atoms with Crippen LogP contribution in [0.1, 0.15) is 57.9 Å². The van der Waals surface area contributed by atoms with Gasteiger partial charge in [0.2, 0.25) is 0 Å². The van der Waals surface area contributed by atoms with Crippen LogP contribution >= 0.6 is 0 Å². The van der Waals surface area contributed by atoms with Crippen molar-refractivity contribution in [1.29, 1.82) is 0 Å². The van der Waals surface area contributed by atoms with Crippen molar-refractivity contribution >= 4 is 17.4 Å². The molecule has 1 unspecified atom stereocenters. The average molecular weight is 443 g/mol. The Morgan fingerprint density at radius 2 is 1.73 bits per heavy atom. The number of Topliss-reactive ketones (excluding diaryl/α,β-unsaturated/α-hetero) is 1. The number of carboxylic acid groups (broad SMARTS) is 1. The molecule has 170 valence electrons. The number of benzene rings is 2. The monoisotopic (exact) mass is 442 g/mol. The van der Waals surface area contributed by atoms with Crippen LogP contribution in [0.25, 0.3) is 0 Å². The summed E-state index contributed by atoms with van der Waals surface area (Å²) < 4.78 is 0. The lowest BCUT2D eigenvalue weighted by molar-refractivity contribution is -0.142. The Morgan fingerprint density at radius 1 is 1.03 bits per heavy atom. The molecular weight excluding hydrogens is 412 g/mol. The van der Waals surface area contributed by atoms with E-state index in [1.165, 1.54) is 5.56 Å². The molecule has 1 aliphatic rings. The lowest BCUT2D eigenvalue weighted by atomic mass is 9.83. The van der Waals surface area contributed by atoms with Crippen molar-refractivity contribution in [2.24, 2.45) is 5.92 Å². The summed E-state index contributed by atoms with van der Waals surface area (Å²) in [6.07, 6.45) is 3.41. The van der Waals surface area contributed by atoms with E-state index in [1.807, 2.05) is 25.1 Å². The Bertz CT molecular complexity index is 1130. The first kappa shape index (κ1) is 22.7. The number of anilines is 1. The zero-order valence-corrected chi connectivity index (χ0v) is 19.2. The molecule has 1 atom stereocenters. The Hall–Kier alpha value is -3.47. The van der Waals surface area contributed by atoms with Crippen LogP contribution in [0.3, 0.4) is 0 Å². The lowest BCUT2D eigenvalue weighted by Gasteiger charge is -2.32. The van der Waals surface area contributed by atoms with E-state index in [1.54, 1.807) is 12.3 Å². The summed E-state index contributed by atoms with van der Waals surface area (Å²) in [5, 5.41) is 9.24. The maximum Gasteiger partial charge on any atom is 0.306 e. The fourth-order valence-corrected chi connectivity index (χ4v) is 4.71. The van der Waals surface area contributed by atoms with Crippen LogP contribution in [-0.4, -0.2) is 34.9 Å². The largest absolute Gasteiger partial charge is 0.481 e. The van der Waals surface area contributed by atoms with Gasteiger partial charge in [0.25, 0.3) is 0 Å². The second-order valence-electron chi connectivity index (χ2n) is 8.91. The van der Waals surface area contributed by atoms with E-state index in [4.69, 9.17) is 0 Å². The second-order valence-corrected chi connectivity index (χ2v) is 8.91. The number of ketones is 1. The van der Waals surface area contributed by atoms with E-state index in [0.29, 0.717) is 24.8 Å². The van der Waals surface area contributed by atoms with Crippen LogP contribution in [0.2, 0.25) is 0 Å². The van der Waals surface area contributed by atoms with Crippen molar-refractivity contribution in [1.82, 2.24) is 4.98 Å². The predicted octanol–water partition coefficient (Wildman–Crippen LogP) is 5.40. The molecule has 5 heteroatoms. The van der Waals surface area contributed by atoms with Gasteiger partial charge in [-0.05, 0) is 67.6 Å². The Labute approximate surface area is 195 Å². The van der Waals surface area contributed by atoms with Gasteiger partial charge in [-0.15, -0.1) is 0 Å². The molecule has 2 aromatic carbocycles. The fraction of sp³-hybridized carbons (Fsp3) is 0.321. The summed E-state index contributed by atoms with van der Waals surface area (Å²) in [4.78, 5) is 30.9. The highest BCUT2D eigenvalue weighted by atomic mass is 16.4. The van der Waals surface area contributed by atoms with Gasteiger partial charge in [-0.1, -0.05) is 36.4 Å². The number of rotatable bonds is 7. The first-order valence-electron chi connectivity index (χ1n) is 11.5. The third-order valence-electron chi connectivity index (χ3n) is 6.68. The number of piperidine rings is 1. The first-order valence-corrected chi connectivity index (χ1v) is 11.5. The van der Waals surface area contributed by atoms with E-state index < -0.39 is 5.97 Å². The van der Waals surface area contributed by atoms with E-state index in [2.05, 4.69) is 53.2 Å². The first-order chi connectivity index (χ1) is 15.9. The Morgan fingerprint density at radius 3 is 2.36 bits per heavy atom. The number of pyridine rings is 1. The minimum absolute atomic E-state index is 0.0426.